The minimum Gasteiger partial charge on any atom is -0.487 e. The van der Waals surface area contributed by atoms with Crippen molar-refractivity contribution < 1.29 is 9.84 Å². The molecule has 0 bridgehead atoms. The van der Waals surface area contributed by atoms with Gasteiger partial charge in [-0.2, -0.15) is 0 Å². The second-order valence-corrected chi connectivity index (χ2v) is 4.64. The Labute approximate surface area is 113 Å². The summed E-state index contributed by atoms with van der Waals surface area (Å²) < 4.78 is 7.88. The van der Waals surface area contributed by atoms with Crippen LogP contribution < -0.4 is 4.74 Å². The highest BCUT2D eigenvalue weighted by molar-refractivity contribution is 5.36. The van der Waals surface area contributed by atoms with Gasteiger partial charge in [0.05, 0.1) is 24.8 Å². The molecular weight excluding hydrogens is 240 g/mol. The highest BCUT2D eigenvalue weighted by atomic mass is 16.5. The Balaban J connectivity index is 2.07. The molecule has 4 nitrogen and oxygen atoms in total. The van der Waals surface area contributed by atoms with Crippen LogP contribution in [0.1, 0.15) is 30.2 Å². The van der Waals surface area contributed by atoms with Crippen molar-refractivity contribution in [3.05, 3.63) is 47.5 Å². The van der Waals surface area contributed by atoms with Crippen molar-refractivity contribution >= 4 is 0 Å². The minimum atomic E-state index is -0.00870. The molecule has 2 rings (SSSR count). The third kappa shape index (κ3) is 3.35. The zero-order valence-corrected chi connectivity index (χ0v) is 11.5. The van der Waals surface area contributed by atoms with Crippen molar-refractivity contribution in [3.8, 4) is 5.75 Å². The zero-order chi connectivity index (χ0) is 13.7. The molecule has 0 spiro atoms. The quantitative estimate of drug-likeness (QED) is 0.868. The van der Waals surface area contributed by atoms with Crippen molar-refractivity contribution in [2.45, 2.75) is 40.0 Å². The largest absolute Gasteiger partial charge is 0.487 e. The van der Waals surface area contributed by atoms with E-state index < -0.39 is 0 Å². The van der Waals surface area contributed by atoms with E-state index in [1.54, 1.807) is 0 Å². The third-order valence-electron chi connectivity index (χ3n) is 3.02. The van der Waals surface area contributed by atoms with Crippen LogP contribution in [-0.2, 0) is 19.8 Å². The summed E-state index contributed by atoms with van der Waals surface area (Å²) >= 11 is 0. The Morgan fingerprint density at radius 2 is 2.21 bits per heavy atom. The number of ether oxygens (including phenoxy) is 1. The first-order valence-corrected chi connectivity index (χ1v) is 6.56. The van der Waals surface area contributed by atoms with Crippen LogP contribution in [-0.4, -0.2) is 14.7 Å². The number of nitrogens with zero attached hydrogens (tertiary/aromatic N) is 2. The molecule has 0 saturated heterocycles. The van der Waals surface area contributed by atoms with Gasteiger partial charge in [0, 0.05) is 12.1 Å². The molecule has 19 heavy (non-hydrogen) atoms. The van der Waals surface area contributed by atoms with Gasteiger partial charge in [-0.05, 0) is 19.4 Å². The van der Waals surface area contributed by atoms with Crippen LogP contribution >= 0.6 is 0 Å². The van der Waals surface area contributed by atoms with E-state index in [0.717, 1.165) is 35.5 Å². The van der Waals surface area contributed by atoms with Crippen LogP contribution in [0.5, 0.6) is 5.75 Å². The van der Waals surface area contributed by atoms with Gasteiger partial charge < -0.3 is 14.4 Å². The molecule has 1 aromatic carbocycles. The van der Waals surface area contributed by atoms with Crippen LogP contribution in [0.2, 0.25) is 0 Å². The average molecular weight is 260 g/mol. The molecule has 4 heteroatoms. The van der Waals surface area contributed by atoms with Gasteiger partial charge in [-0.25, -0.2) is 4.98 Å². The fourth-order valence-corrected chi connectivity index (χ4v) is 2.03. The molecule has 0 radical (unpaired) electrons. The van der Waals surface area contributed by atoms with Crippen LogP contribution in [0.4, 0.5) is 0 Å². The molecule has 1 heterocycles. The Hall–Kier alpha value is -1.81. The van der Waals surface area contributed by atoms with Crippen LogP contribution in [0, 0.1) is 6.92 Å². The molecule has 2 aromatic rings. The van der Waals surface area contributed by atoms with E-state index in [2.05, 4.69) is 16.5 Å². The SMILES string of the molecule is CCCn1cncc1COc1ccc(C)cc1CO. The Morgan fingerprint density at radius 3 is 2.95 bits per heavy atom. The molecule has 102 valence electrons. The Morgan fingerprint density at radius 1 is 1.37 bits per heavy atom. The summed E-state index contributed by atoms with van der Waals surface area (Å²) in [5, 5.41) is 9.34. The normalized spacial score (nSPS) is 10.7. The molecule has 0 aliphatic rings. The van der Waals surface area contributed by atoms with E-state index in [9.17, 15) is 5.11 Å². The predicted octanol–water partition coefficient (Wildman–Crippen LogP) is 2.67. The summed E-state index contributed by atoms with van der Waals surface area (Å²) in [6.45, 7) is 5.54. The number of imidazole rings is 1. The molecule has 0 atom stereocenters. The summed E-state index contributed by atoms with van der Waals surface area (Å²) in [4.78, 5) is 4.14. The number of rotatable bonds is 6. The molecule has 0 aliphatic heterocycles. The lowest BCUT2D eigenvalue weighted by atomic mass is 10.1. The minimum absolute atomic E-state index is 0.00870. The summed E-state index contributed by atoms with van der Waals surface area (Å²) in [5.41, 5.74) is 2.99. The van der Waals surface area contributed by atoms with Gasteiger partial charge in [0.15, 0.2) is 0 Å². The number of aliphatic hydroxyl groups excluding tert-OH is 1. The van der Waals surface area contributed by atoms with E-state index in [0.29, 0.717) is 6.61 Å². The van der Waals surface area contributed by atoms with Crippen molar-refractivity contribution in [2.75, 3.05) is 0 Å². The molecule has 0 fully saturated rings. The molecule has 0 saturated carbocycles. The standard InChI is InChI=1S/C15H20N2O2/c1-3-6-17-11-16-8-14(17)10-19-15-5-4-12(2)7-13(15)9-18/h4-5,7-8,11,18H,3,6,9-10H2,1-2H3. The summed E-state index contributed by atoms with van der Waals surface area (Å²) in [6.07, 6.45) is 4.71. The second-order valence-electron chi connectivity index (χ2n) is 4.64. The number of aromatic nitrogens is 2. The average Bonchev–Trinajstić information content (AvgIpc) is 2.85. The maximum absolute atomic E-state index is 9.34. The summed E-state index contributed by atoms with van der Waals surface area (Å²) in [7, 11) is 0. The Bertz CT molecular complexity index is 535. The van der Waals surface area contributed by atoms with Crippen molar-refractivity contribution in [1.82, 2.24) is 9.55 Å². The highest BCUT2D eigenvalue weighted by Gasteiger charge is 2.06. The van der Waals surface area contributed by atoms with Crippen molar-refractivity contribution in [3.63, 3.8) is 0 Å². The van der Waals surface area contributed by atoms with Gasteiger partial charge in [0.1, 0.15) is 12.4 Å². The van der Waals surface area contributed by atoms with Crippen molar-refractivity contribution in [2.24, 2.45) is 0 Å². The second kappa shape index (κ2) is 6.38. The predicted molar refractivity (Wildman–Crippen MR) is 74.0 cm³/mol. The zero-order valence-electron chi connectivity index (χ0n) is 11.5. The highest BCUT2D eigenvalue weighted by Crippen LogP contribution is 2.21. The number of hydrogen-bond acceptors (Lipinski definition) is 3. The van der Waals surface area contributed by atoms with E-state index >= 15 is 0 Å². The van der Waals surface area contributed by atoms with E-state index in [-0.39, 0.29) is 6.61 Å². The maximum Gasteiger partial charge on any atom is 0.130 e. The first kappa shape index (κ1) is 13.6. The molecule has 0 aliphatic carbocycles. The van der Waals surface area contributed by atoms with Gasteiger partial charge in [-0.3, -0.25) is 0 Å². The lowest BCUT2D eigenvalue weighted by molar-refractivity contribution is 0.255. The first-order chi connectivity index (χ1) is 9.24. The smallest absolute Gasteiger partial charge is 0.130 e. The maximum atomic E-state index is 9.34. The van der Waals surface area contributed by atoms with E-state index in [1.807, 2.05) is 37.6 Å². The summed E-state index contributed by atoms with van der Waals surface area (Å²) in [6, 6.07) is 5.83. The van der Waals surface area contributed by atoms with E-state index in [4.69, 9.17) is 4.74 Å². The molecule has 1 aromatic heterocycles. The lowest BCUT2D eigenvalue weighted by Gasteiger charge is -2.12. The Kier molecular flexibility index (Phi) is 4.58. The molecular formula is C15H20N2O2. The van der Waals surface area contributed by atoms with Gasteiger partial charge in [0.2, 0.25) is 0 Å². The fourth-order valence-electron chi connectivity index (χ4n) is 2.03. The molecule has 0 amide bonds. The third-order valence-corrected chi connectivity index (χ3v) is 3.02. The molecule has 1 N–H and O–H groups in total. The van der Waals surface area contributed by atoms with Crippen LogP contribution in [0.3, 0.4) is 0 Å². The summed E-state index contributed by atoms with van der Waals surface area (Å²) in [5.74, 6) is 0.734. The van der Waals surface area contributed by atoms with Gasteiger partial charge in [-0.1, -0.05) is 24.6 Å². The number of benzene rings is 1. The number of aliphatic hydroxyl groups is 1. The van der Waals surface area contributed by atoms with Gasteiger partial charge in [0.25, 0.3) is 0 Å². The monoisotopic (exact) mass is 260 g/mol. The number of aryl methyl sites for hydroxylation is 2. The number of hydrogen-bond donors (Lipinski definition) is 1. The topological polar surface area (TPSA) is 47.3 Å². The molecule has 0 unspecified atom stereocenters. The van der Waals surface area contributed by atoms with Crippen LogP contribution in [0.15, 0.2) is 30.7 Å². The van der Waals surface area contributed by atoms with Gasteiger partial charge in [-0.15, -0.1) is 0 Å². The van der Waals surface area contributed by atoms with Crippen molar-refractivity contribution in [1.29, 1.82) is 0 Å². The van der Waals surface area contributed by atoms with Gasteiger partial charge >= 0.3 is 0 Å². The lowest BCUT2D eigenvalue weighted by Crippen LogP contribution is -2.06. The first-order valence-electron chi connectivity index (χ1n) is 6.56. The van der Waals surface area contributed by atoms with E-state index in [1.165, 1.54) is 0 Å². The van der Waals surface area contributed by atoms with Crippen LogP contribution in [0.25, 0.3) is 0 Å². The fraction of sp³-hybridized carbons (Fsp3) is 0.400.